The van der Waals surface area contributed by atoms with Crippen molar-refractivity contribution in [1.29, 1.82) is 0 Å². The summed E-state index contributed by atoms with van der Waals surface area (Å²) in [6.07, 6.45) is 2.54. The molecule has 0 spiro atoms. The van der Waals surface area contributed by atoms with Crippen molar-refractivity contribution >= 4 is 16.7 Å². The first kappa shape index (κ1) is 12.6. The molecule has 102 valence electrons. The molecule has 2 aromatic heterocycles. The van der Waals surface area contributed by atoms with Crippen molar-refractivity contribution in [3.8, 4) is 11.5 Å². The summed E-state index contributed by atoms with van der Waals surface area (Å²) in [5.41, 5.74) is 1.79. The molecular formula is C15H16N4O. The lowest BCUT2D eigenvalue weighted by atomic mass is 10.2. The Kier molecular flexibility index (Phi) is 3.60. The van der Waals surface area contributed by atoms with E-state index in [0.717, 1.165) is 22.4 Å². The largest absolute Gasteiger partial charge is 0.396 e. The van der Waals surface area contributed by atoms with Gasteiger partial charge in [0, 0.05) is 24.7 Å². The second kappa shape index (κ2) is 5.71. The smallest absolute Gasteiger partial charge is 0.178 e. The van der Waals surface area contributed by atoms with Gasteiger partial charge in [-0.2, -0.15) is 0 Å². The maximum atomic E-state index is 8.88. The number of fused-ring (bicyclic) bond motifs is 1. The molecule has 3 N–H and O–H groups in total. The Balaban J connectivity index is 2.05. The highest BCUT2D eigenvalue weighted by Gasteiger charge is 2.09. The van der Waals surface area contributed by atoms with Gasteiger partial charge < -0.3 is 15.4 Å². The maximum absolute atomic E-state index is 8.88. The number of aliphatic hydroxyl groups is 1. The van der Waals surface area contributed by atoms with Crippen LogP contribution in [0.3, 0.4) is 0 Å². The molecule has 0 aliphatic heterocycles. The summed E-state index contributed by atoms with van der Waals surface area (Å²) < 4.78 is 0. The van der Waals surface area contributed by atoms with Crippen LogP contribution < -0.4 is 5.32 Å². The maximum Gasteiger partial charge on any atom is 0.178 e. The van der Waals surface area contributed by atoms with E-state index in [1.807, 2.05) is 42.6 Å². The minimum absolute atomic E-state index is 0.166. The lowest BCUT2D eigenvalue weighted by Gasteiger charge is -2.09. The van der Waals surface area contributed by atoms with E-state index in [1.54, 1.807) is 0 Å². The third-order valence-corrected chi connectivity index (χ3v) is 3.07. The van der Waals surface area contributed by atoms with Gasteiger partial charge in [-0.1, -0.05) is 12.1 Å². The minimum atomic E-state index is 0.166. The Hall–Kier alpha value is -2.40. The Morgan fingerprint density at radius 2 is 2.00 bits per heavy atom. The van der Waals surface area contributed by atoms with Gasteiger partial charge in [0.1, 0.15) is 5.82 Å². The van der Waals surface area contributed by atoms with E-state index in [1.165, 1.54) is 0 Å². The van der Waals surface area contributed by atoms with Gasteiger partial charge in [-0.25, -0.2) is 9.97 Å². The zero-order valence-electron chi connectivity index (χ0n) is 11.0. The van der Waals surface area contributed by atoms with Gasteiger partial charge in [0.2, 0.25) is 0 Å². The first-order valence-corrected chi connectivity index (χ1v) is 6.64. The third-order valence-electron chi connectivity index (χ3n) is 3.07. The Labute approximate surface area is 116 Å². The second-order valence-corrected chi connectivity index (χ2v) is 4.50. The van der Waals surface area contributed by atoms with Crippen molar-refractivity contribution in [3.05, 3.63) is 42.6 Å². The monoisotopic (exact) mass is 268 g/mol. The summed E-state index contributed by atoms with van der Waals surface area (Å²) >= 11 is 0. The van der Waals surface area contributed by atoms with Crippen molar-refractivity contribution < 1.29 is 5.11 Å². The fourth-order valence-corrected chi connectivity index (χ4v) is 2.09. The average Bonchev–Trinajstić information content (AvgIpc) is 3.01. The van der Waals surface area contributed by atoms with E-state index in [4.69, 9.17) is 5.11 Å². The van der Waals surface area contributed by atoms with Gasteiger partial charge >= 0.3 is 0 Å². The predicted octanol–water partition coefficient (Wildman–Crippen LogP) is 2.42. The SMILES string of the molecule is OCCCNc1nc(-c2ccc[nH]2)nc2ccccc12. The highest BCUT2D eigenvalue weighted by molar-refractivity contribution is 5.90. The minimum Gasteiger partial charge on any atom is -0.396 e. The molecule has 20 heavy (non-hydrogen) atoms. The van der Waals surface area contributed by atoms with Crippen LogP contribution in [0, 0.1) is 0 Å². The molecule has 0 fully saturated rings. The number of aromatic nitrogens is 3. The summed E-state index contributed by atoms with van der Waals surface area (Å²) in [6, 6.07) is 11.8. The molecule has 0 bridgehead atoms. The molecule has 0 aliphatic rings. The number of para-hydroxylation sites is 1. The Morgan fingerprint density at radius 1 is 1.10 bits per heavy atom. The van der Waals surface area contributed by atoms with Gasteiger partial charge in [0.15, 0.2) is 5.82 Å². The van der Waals surface area contributed by atoms with E-state index in [2.05, 4.69) is 20.3 Å². The number of hydrogen-bond donors (Lipinski definition) is 3. The van der Waals surface area contributed by atoms with Crippen LogP contribution in [0.2, 0.25) is 0 Å². The van der Waals surface area contributed by atoms with Crippen LogP contribution in [0.25, 0.3) is 22.4 Å². The highest BCUT2D eigenvalue weighted by Crippen LogP contribution is 2.23. The first-order chi connectivity index (χ1) is 9.88. The quantitative estimate of drug-likeness (QED) is 0.621. The van der Waals surface area contributed by atoms with E-state index in [9.17, 15) is 0 Å². The van der Waals surface area contributed by atoms with Gasteiger partial charge in [0.05, 0.1) is 11.2 Å². The number of H-pyrrole nitrogens is 1. The molecule has 3 aromatic rings. The molecule has 0 atom stereocenters. The first-order valence-electron chi connectivity index (χ1n) is 6.64. The van der Waals surface area contributed by atoms with Gasteiger partial charge in [-0.15, -0.1) is 0 Å². The molecule has 2 heterocycles. The van der Waals surface area contributed by atoms with Crippen LogP contribution in [-0.4, -0.2) is 33.2 Å². The second-order valence-electron chi connectivity index (χ2n) is 4.50. The van der Waals surface area contributed by atoms with Gasteiger partial charge in [-0.3, -0.25) is 0 Å². The molecule has 0 saturated carbocycles. The molecule has 0 radical (unpaired) electrons. The molecule has 0 unspecified atom stereocenters. The lowest BCUT2D eigenvalue weighted by Crippen LogP contribution is -2.07. The van der Waals surface area contributed by atoms with Crippen LogP contribution in [-0.2, 0) is 0 Å². The molecule has 0 aliphatic carbocycles. The summed E-state index contributed by atoms with van der Waals surface area (Å²) in [4.78, 5) is 12.3. The summed E-state index contributed by atoms with van der Waals surface area (Å²) in [5.74, 6) is 1.47. The normalized spacial score (nSPS) is 10.8. The van der Waals surface area contributed by atoms with Crippen molar-refractivity contribution in [2.45, 2.75) is 6.42 Å². The Bertz CT molecular complexity index is 694. The van der Waals surface area contributed by atoms with Crippen molar-refractivity contribution in [1.82, 2.24) is 15.0 Å². The topological polar surface area (TPSA) is 73.8 Å². The number of nitrogens with one attached hydrogen (secondary N) is 2. The van der Waals surface area contributed by atoms with Gasteiger partial charge in [-0.05, 0) is 30.7 Å². The fraction of sp³-hybridized carbons (Fsp3) is 0.200. The predicted molar refractivity (Wildman–Crippen MR) is 79.5 cm³/mol. The molecule has 0 amide bonds. The zero-order valence-corrected chi connectivity index (χ0v) is 11.0. The van der Waals surface area contributed by atoms with Gasteiger partial charge in [0.25, 0.3) is 0 Å². The van der Waals surface area contributed by atoms with E-state index >= 15 is 0 Å². The summed E-state index contributed by atoms with van der Waals surface area (Å²) in [7, 11) is 0. The Morgan fingerprint density at radius 3 is 2.80 bits per heavy atom. The van der Waals surface area contributed by atoms with E-state index < -0.39 is 0 Å². The van der Waals surface area contributed by atoms with Crippen LogP contribution in [0.15, 0.2) is 42.6 Å². The van der Waals surface area contributed by atoms with Crippen LogP contribution in [0.1, 0.15) is 6.42 Å². The fourth-order valence-electron chi connectivity index (χ4n) is 2.09. The molecule has 5 heteroatoms. The van der Waals surface area contributed by atoms with E-state index in [0.29, 0.717) is 18.8 Å². The lowest BCUT2D eigenvalue weighted by molar-refractivity contribution is 0.292. The molecule has 3 rings (SSSR count). The van der Waals surface area contributed by atoms with E-state index in [-0.39, 0.29) is 6.61 Å². The zero-order chi connectivity index (χ0) is 13.8. The standard InChI is InChI=1S/C15H16N4O/c20-10-4-9-17-14-11-5-1-2-6-12(11)18-15(19-14)13-7-3-8-16-13/h1-3,5-8,16,20H,4,9-10H2,(H,17,18,19). The van der Waals surface area contributed by atoms with Crippen LogP contribution in [0.4, 0.5) is 5.82 Å². The number of nitrogens with zero attached hydrogens (tertiary/aromatic N) is 2. The number of aromatic amines is 1. The van der Waals surface area contributed by atoms with Crippen LogP contribution in [0.5, 0.6) is 0 Å². The van der Waals surface area contributed by atoms with Crippen LogP contribution >= 0.6 is 0 Å². The highest BCUT2D eigenvalue weighted by atomic mass is 16.3. The van der Waals surface area contributed by atoms with Crippen molar-refractivity contribution in [2.75, 3.05) is 18.5 Å². The summed E-state index contributed by atoms with van der Waals surface area (Å²) in [6.45, 7) is 0.848. The molecule has 1 aromatic carbocycles. The number of rotatable bonds is 5. The third kappa shape index (κ3) is 2.48. The summed E-state index contributed by atoms with van der Waals surface area (Å²) in [5, 5.41) is 13.1. The number of anilines is 1. The van der Waals surface area contributed by atoms with Crippen molar-refractivity contribution in [2.24, 2.45) is 0 Å². The molecule has 5 nitrogen and oxygen atoms in total. The number of aliphatic hydroxyl groups excluding tert-OH is 1. The number of benzene rings is 1. The average molecular weight is 268 g/mol. The molecule has 0 saturated heterocycles. The molecular weight excluding hydrogens is 252 g/mol. The number of hydrogen-bond acceptors (Lipinski definition) is 4. The van der Waals surface area contributed by atoms with Crippen molar-refractivity contribution in [3.63, 3.8) is 0 Å².